The van der Waals surface area contributed by atoms with Gasteiger partial charge in [0.05, 0.1) is 0 Å². The average Bonchev–Trinajstić information content (AvgIpc) is 2.04. The minimum absolute atomic E-state index is 0.239. The fraction of sp³-hybridized carbons (Fsp3) is 0.286. The van der Waals surface area contributed by atoms with Crippen LogP contribution in [0, 0.1) is 3.57 Å². The van der Waals surface area contributed by atoms with Crippen molar-refractivity contribution in [3.05, 3.63) is 21.4 Å². The van der Waals surface area contributed by atoms with Crippen LogP contribution in [0.2, 0.25) is 0 Å². The fourth-order valence-corrected chi connectivity index (χ4v) is 1.91. The van der Waals surface area contributed by atoms with Crippen molar-refractivity contribution in [1.82, 2.24) is 4.98 Å². The van der Waals surface area contributed by atoms with Gasteiger partial charge >= 0.3 is 11.7 Å². The highest BCUT2D eigenvalue weighted by molar-refractivity contribution is 14.1. The van der Waals surface area contributed by atoms with Crippen LogP contribution in [0.5, 0.6) is 0 Å². The van der Waals surface area contributed by atoms with Gasteiger partial charge < -0.3 is 0 Å². The van der Waals surface area contributed by atoms with Crippen LogP contribution in [0.3, 0.4) is 0 Å². The van der Waals surface area contributed by atoms with E-state index in [4.69, 9.17) is 0 Å². The van der Waals surface area contributed by atoms with Crippen LogP contribution >= 0.6 is 34.4 Å². The van der Waals surface area contributed by atoms with Crippen molar-refractivity contribution >= 4 is 34.4 Å². The normalized spacial score (nSPS) is 12.9. The summed E-state index contributed by atoms with van der Waals surface area (Å²) >= 11 is 0.692. The molecule has 0 radical (unpaired) electrons. The molecule has 16 heavy (non-hydrogen) atoms. The first-order valence-corrected chi connectivity index (χ1v) is 5.48. The minimum Gasteiger partial charge on any atom is -0.236 e. The van der Waals surface area contributed by atoms with Gasteiger partial charge in [0.25, 0.3) is 0 Å². The molecule has 1 aromatic rings. The average molecular weight is 373 g/mol. The molecule has 0 saturated carbocycles. The largest absolute Gasteiger partial charge is 0.447 e. The number of halogens is 7. The Labute approximate surface area is 104 Å². The Kier molecular flexibility index (Phi) is 3.98. The summed E-state index contributed by atoms with van der Waals surface area (Å²) in [6.45, 7) is 0. The van der Waals surface area contributed by atoms with E-state index in [1.54, 1.807) is 0 Å². The fourth-order valence-electron chi connectivity index (χ4n) is 0.798. The van der Waals surface area contributed by atoms with Crippen molar-refractivity contribution in [2.45, 2.75) is 16.7 Å². The second kappa shape index (κ2) is 4.59. The molecule has 1 rings (SSSR count). The SMILES string of the molecule is FC(F)(F)Sc1ccc(I)c(C(F)(F)F)n1. The molecule has 0 amide bonds. The van der Waals surface area contributed by atoms with Crippen LogP contribution in [0.4, 0.5) is 26.3 Å². The van der Waals surface area contributed by atoms with E-state index in [-0.39, 0.29) is 3.57 Å². The van der Waals surface area contributed by atoms with Gasteiger partial charge in [0, 0.05) is 15.3 Å². The van der Waals surface area contributed by atoms with Gasteiger partial charge in [0.15, 0.2) is 5.69 Å². The molecule has 0 atom stereocenters. The molecule has 0 aliphatic heterocycles. The number of hydrogen-bond donors (Lipinski definition) is 0. The molecule has 9 heteroatoms. The molecule has 0 aromatic carbocycles. The highest BCUT2D eigenvalue weighted by Crippen LogP contribution is 2.38. The zero-order valence-corrected chi connectivity index (χ0v) is 10.1. The zero-order chi connectivity index (χ0) is 12.6. The highest BCUT2D eigenvalue weighted by Gasteiger charge is 2.37. The van der Waals surface area contributed by atoms with Crippen LogP contribution in [0.15, 0.2) is 17.2 Å². The number of pyridine rings is 1. The third kappa shape index (κ3) is 4.00. The van der Waals surface area contributed by atoms with E-state index in [1.165, 1.54) is 22.6 Å². The summed E-state index contributed by atoms with van der Waals surface area (Å²) in [7, 11) is 0. The highest BCUT2D eigenvalue weighted by atomic mass is 127. The molecule has 0 aliphatic rings. The van der Waals surface area contributed by atoms with E-state index in [0.717, 1.165) is 12.1 Å². The molecule has 1 heterocycles. The maximum atomic E-state index is 12.3. The van der Waals surface area contributed by atoms with Crippen molar-refractivity contribution in [2.24, 2.45) is 0 Å². The molecular formula is C7H2F6INS. The van der Waals surface area contributed by atoms with Crippen molar-refractivity contribution in [1.29, 1.82) is 0 Å². The Morgan fingerprint density at radius 2 is 1.62 bits per heavy atom. The third-order valence-corrected chi connectivity index (χ3v) is 2.85. The van der Waals surface area contributed by atoms with Gasteiger partial charge in [-0.1, -0.05) is 0 Å². The van der Waals surface area contributed by atoms with Crippen LogP contribution in [-0.4, -0.2) is 10.5 Å². The molecule has 1 nitrogen and oxygen atoms in total. The molecule has 0 fully saturated rings. The van der Waals surface area contributed by atoms with E-state index in [0.29, 0.717) is 0 Å². The monoisotopic (exact) mass is 373 g/mol. The standard InChI is InChI=1S/C7H2F6INS/c8-6(9,10)5-3(14)1-2-4(15-5)16-7(11,12)13/h1-2H. The first kappa shape index (κ1) is 13.9. The molecule has 0 saturated heterocycles. The summed E-state index contributed by atoms with van der Waals surface area (Å²) < 4.78 is 72.4. The lowest BCUT2D eigenvalue weighted by Gasteiger charge is -2.10. The predicted octanol–water partition coefficient (Wildman–Crippen LogP) is 4.32. The Bertz CT molecular complexity index is 387. The Morgan fingerprint density at radius 1 is 1.06 bits per heavy atom. The maximum absolute atomic E-state index is 12.3. The molecule has 0 spiro atoms. The second-order valence-electron chi connectivity index (χ2n) is 2.53. The van der Waals surface area contributed by atoms with Crippen LogP contribution in [0.25, 0.3) is 0 Å². The number of aromatic nitrogens is 1. The lowest BCUT2D eigenvalue weighted by molar-refractivity contribution is -0.142. The maximum Gasteiger partial charge on any atom is 0.447 e. The van der Waals surface area contributed by atoms with Gasteiger partial charge in [0.1, 0.15) is 5.03 Å². The summed E-state index contributed by atoms with van der Waals surface area (Å²) in [5, 5.41) is -0.722. The smallest absolute Gasteiger partial charge is 0.236 e. The van der Waals surface area contributed by atoms with Crippen LogP contribution < -0.4 is 0 Å². The number of rotatable bonds is 1. The number of alkyl halides is 6. The zero-order valence-electron chi connectivity index (χ0n) is 7.16. The number of hydrogen-bond acceptors (Lipinski definition) is 2. The van der Waals surface area contributed by atoms with Gasteiger partial charge in [-0.3, -0.25) is 0 Å². The molecule has 0 N–H and O–H groups in total. The quantitative estimate of drug-likeness (QED) is 0.413. The van der Waals surface area contributed by atoms with Crippen LogP contribution in [0.1, 0.15) is 5.69 Å². The summed E-state index contributed by atoms with van der Waals surface area (Å²) in [5.41, 5.74) is -5.95. The van der Waals surface area contributed by atoms with Crippen molar-refractivity contribution < 1.29 is 26.3 Å². The molecule has 90 valence electrons. The van der Waals surface area contributed by atoms with Crippen molar-refractivity contribution in [3.63, 3.8) is 0 Å². The van der Waals surface area contributed by atoms with E-state index in [9.17, 15) is 26.3 Å². The summed E-state index contributed by atoms with van der Waals surface area (Å²) in [6.07, 6.45) is -4.75. The summed E-state index contributed by atoms with van der Waals surface area (Å²) in [5.74, 6) is 0. The van der Waals surface area contributed by atoms with Gasteiger partial charge in [-0.15, -0.1) is 0 Å². The topological polar surface area (TPSA) is 12.9 Å². The molecule has 0 aliphatic carbocycles. The summed E-state index contributed by atoms with van der Waals surface area (Å²) in [6, 6.07) is 1.85. The third-order valence-electron chi connectivity index (χ3n) is 1.31. The Hall–Kier alpha value is -0.190. The predicted molar refractivity (Wildman–Crippen MR) is 53.9 cm³/mol. The first-order valence-electron chi connectivity index (χ1n) is 3.59. The van der Waals surface area contributed by atoms with Gasteiger partial charge in [-0.25, -0.2) is 4.98 Å². The molecule has 0 unspecified atom stereocenters. The van der Waals surface area contributed by atoms with Gasteiger partial charge in [-0.05, 0) is 34.7 Å². The summed E-state index contributed by atoms with van der Waals surface area (Å²) in [4.78, 5) is 2.94. The van der Waals surface area contributed by atoms with E-state index in [1.807, 2.05) is 0 Å². The number of thioether (sulfide) groups is 1. The first-order chi connectivity index (χ1) is 7.09. The lowest BCUT2D eigenvalue weighted by Crippen LogP contribution is -2.11. The van der Waals surface area contributed by atoms with E-state index < -0.39 is 34.2 Å². The van der Waals surface area contributed by atoms with Gasteiger partial charge in [0.2, 0.25) is 0 Å². The molecule has 1 aromatic heterocycles. The van der Waals surface area contributed by atoms with Crippen molar-refractivity contribution in [3.8, 4) is 0 Å². The van der Waals surface area contributed by atoms with E-state index >= 15 is 0 Å². The number of nitrogens with zero attached hydrogens (tertiary/aromatic N) is 1. The second-order valence-corrected chi connectivity index (χ2v) is 4.77. The van der Waals surface area contributed by atoms with E-state index in [2.05, 4.69) is 4.98 Å². The van der Waals surface area contributed by atoms with Crippen LogP contribution in [-0.2, 0) is 6.18 Å². The Morgan fingerprint density at radius 3 is 2.06 bits per heavy atom. The minimum atomic E-state index is -4.75. The lowest BCUT2D eigenvalue weighted by atomic mass is 10.3. The van der Waals surface area contributed by atoms with Crippen molar-refractivity contribution in [2.75, 3.05) is 0 Å². The molecular weight excluding hydrogens is 371 g/mol. The Balaban J connectivity index is 3.09. The molecule has 0 bridgehead atoms. The van der Waals surface area contributed by atoms with Gasteiger partial charge in [-0.2, -0.15) is 26.3 Å².